The van der Waals surface area contributed by atoms with E-state index in [1.807, 2.05) is 20.8 Å². The molecule has 3 aromatic rings. The molecule has 1 aliphatic rings. The number of nitrogens with zero attached hydrogens (tertiary/aromatic N) is 2. The van der Waals surface area contributed by atoms with Crippen LogP contribution in [0.2, 0.25) is 0 Å². The van der Waals surface area contributed by atoms with Crippen molar-refractivity contribution in [1.82, 2.24) is 4.90 Å². The Morgan fingerprint density at radius 1 is 0.919 bits per heavy atom. The van der Waals surface area contributed by atoms with Crippen molar-refractivity contribution in [3.05, 3.63) is 72.0 Å². The fourth-order valence-electron chi connectivity index (χ4n) is 3.94. The van der Waals surface area contributed by atoms with E-state index in [1.54, 1.807) is 59.5 Å². The van der Waals surface area contributed by atoms with Crippen LogP contribution in [0.1, 0.15) is 36.9 Å². The van der Waals surface area contributed by atoms with E-state index in [0.29, 0.717) is 37.4 Å². The average Bonchev–Trinajstić information content (AvgIpc) is 3.31. The van der Waals surface area contributed by atoms with E-state index in [4.69, 9.17) is 9.15 Å². The number of halogens is 3. The van der Waals surface area contributed by atoms with Crippen LogP contribution in [0.3, 0.4) is 0 Å². The average molecular weight is 516 g/mol. The highest BCUT2D eigenvalue weighted by Gasteiger charge is 2.40. The van der Waals surface area contributed by atoms with Crippen LogP contribution in [-0.4, -0.2) is 48.7 Å². The molecular weight excluding hydrogens is 487 g/mol. The molecule has 196 valence electrons. The van der Waals surface area contributed by atoms with Gasteiger partial charge in [-0.3, -0.25) is 4.79 Å². The van der Waals surface area contributed by atoms with Crippen LogP contribution in [-0.2, 0) is 10.9 Å². The van der Waals surface area contributed by atoms with Gasteiger partial charge in [-0.15, -0.1) is 0 Å². The van der Waals surface area contributed by atoms with E-state index in [-0.39, 0.29) is 11.9 Å². The number of hydrogen-bond acceptors (Lipinski definition) is 5. The first-order chi connectivity index (χ1) is 17.4. The molecule has 0 aliphatic carbocycles. The van der Waals surface area contributed by atoms with Crippen molar-refractivity contribution in [2.75, 3.05) is 36.4 Å². The minimum absolute atomic E-state index is 0.0426. The predicted octanol–water partition coefficient (Wildman–Crippen LogP) is 6.27. The Bertz CT molecular complexity index is 1240. The molecule has 0 atom stereocenters. The van der Waals surface area contributed by atoms with E-state index in [2.05, 4.69) is 10.2 Å². The number of rotatable bonds is 4. The van der Waals surface area contributed by atoms with Gasteiger partial charge in [0.15, 0.2) is 0 Å². The van der Waals surface area contributed by atoms with Crippen molar-refractivity contribution >= 4 is 23.4 Å². The molecule has 2 aromatic carbocycles. The smallest absolute Gasteiger partial charge is 0.450 e. The van der Waals surface area contributed by atoms with Gasteiger partial charge in [0.2, 0.25) is 5.76 Å². The summed E-state index contributed by atoms with van der Waals surface area (Å²) in [5, 5.41) is 2.52. The van der Waals surface area contributed by atoms with Crippen molar-refractivity contribution in [1.29, 1.82) is 0 Å². The minimum atomic E-state index is -4.83. The Morgan fingerprint density at radius 3 is 2.11 bits per heavy atom. The molecule has 0 spiro atoms. The number of benzene rings is 2. The topological polar surface area (TPSA) is 75.0 Å². The number of alkyl halides is 3. The quantitative estimate of drug-likeness (QED) is 0.443. The zero-order valence-electron chi connectivity index (χ0n) is 20.8. The first-order valence-corrected chi connectivity index (χ1v) is 11.8. The molecule has 7 nitrogen and oxygen atoms in total. The minimum Gasteiger partial charge on any atom is -0.451 e. The number of carbonyl (C=O) groups is 2. The molecule has 1 aliphatic heterocycles. The molecule has 0 radical (unpaired) electrons. The van der Waals surface area contributed by atoms with Crippen LogP contribution < -0.4 is 10.2 Å². The van der Waals surface area contributed by atoms with Gasteiger partial charge >= 0.3 is 12.3 Å². The summed E-state index contributed by atoms with van der Waals surface area (Å²) in [7, 11) is 0. The second kappa shape index (κ2) is 10.2. The molecular formula is C27H28F3N3O4. The van der Waals surface area contributed by atoms with Gasteiger partial charge in [0.25, 0.3) is 5.91 Å². The lowest BCUT2D eigenvalue weighted by molar-refractivity contribution is -0.153. The predicted molar refractivity (Wildman–Crippen MR) is 134 cm³/mol. The molecule has 2 amide bonds. The third kappa shape index (κ3) is 6.44. The molecule has 1 fully saturated rings. The fraction of sp³-hybridized carbons (Fsp3) is 0.333. The number of nitrogens with one attached hydrogen (secondary N) is 1. The monoisotopic (exact) mass is 515 g/mol. The molecule has 10 heteroatoms. The van der Waals surface area contributed by atoms with Crippen LogP contribution in [0.5, 0.6) is 0 Å². The number of ether oxygens (including phenoxy) is 1. The number of piperazine rings is 1. The van der Waals surface area contributed by atoms with E-state index in [0.717, 1.165) is 11.8 Å². The summed E-state index contributed by atoms with van der Waals surface area (Å²) in [5.41, 5.74) is 0.496. The lowest BCUT2D eigenvalue weighted by Crippen LogP contribution is -2.50. The van der Waals surface area contributed by atoms with Gasteiger partial charge in [0, 0.05) is 43.1 Å². The third-order valence-electron chi connectivity index (χ3n) is 5.71. The standard InChI is InChI=1S/C27H28F3N3O4/c1-26(2,3)37-25(35)33-15-13-32(14-16-33)20-11-9-19(10-12-20)31-24(34)21-17-22(18-7-5-4-6-8-18)36-23(21)27(28,29)30/h4-12,17H,13-16H2,1-3H3,(H,31,34). The Kier molecular flexibility index (Phi) is 7.20. The van der Waals surface area contributed by atoms with Crippen LogP contribution in [0.25, 0.3) is 11.3 Å². The molecule has 0 saturated carbocycles. The normalized spacial score (nSPS) is 14.4. The third-order valence-corrected chi connectivity index (χ3v) is 5.71. The van der Waals surface area contributed by atoms with Gasteiger partial charge in [0.1, 0.15) is 11.4 Å². The highest BCUT2D eigenvalue weighted by Crippen LogP contribution is 2.37. The summed E-state index contributed by atoms with van der Waals surface area (Å²) >= 11 is 0. The van der Waals surface area contributed by atoms with Crippen molar-refractivity contribution in [3.8, 4) is 11.3 Å². The molecule has 0 bridgehead atoms. The van der Waals surface area contributed by atoms with Crippen molar-refractivity contribution < 1.29 is 31.9 Å². The van der Waals surface area contributed by atoms with E-state index in [9.17, 15) is 22.8 Å². The highest BCUT2D eigenvalue weighted by atomic mass is 19.4. The maximum atomic E-state index is 13.6. The SMILES string of the molecule is CC(C)(C)OC(=O)N1CCN(c2ccc(NC(=O)c3cc(-c4ccccc4)oc3C(F)(F)F)cc2)CC1. The summed E-state index contributed by atoms with van der Waals surface area (Å²) in [6.07, 6.45) is -5.18. The van der Waals surface area contributed by atoms with Crippen molar-refractivity contribution in [2.45, 2.75) is 32.5 Å². The summed E-state index contributed by atoms with van der Waals surface area (Å²) in [4.78, 5) is 28.8. The van der Waals surface area contributed by atoms with Crippen molar-refractivity contribution in [2.24, 2.45) is 0 Å². The zero-order chi connectivity index (χ0) is 26.8. The van der Waals surface area contributed by atoms with Gasteiger partial charge in [-0.2, -0.15) is 13.2 Å². The number of anilines is 2. The van der Waals surface area contributed by atoms with Gasteiger partial charge in [0.05, 0.1) is 5.56 Å². The van der Waals surface area contributed by atoms with E-state index < -0.39 is 29.0 Å². The highest BCUT2D eigenvalue weighted by molar-refractivity contribution is 6.05. The van der Waals surface area contributed by atoms with Gasteiger partial charge in [-0.1, -0.05) is 30.3 Å². The van der Waals surface area contributed by atoms with Crippen molar-refractivity contribution in [3.63, 3.8) is 0 Å². The summed E-state index contributed by atoms with van der Waals surface area (Å²) < 4.78 is 51.2. The summed E-state index contributed by atoms with van der Waals surface area (Å²) in [6.45, 7) is 7.64. The molecule has 0 unspecified atom stereocenters. The maximum absolute atomic E-state index is 13.6. The van der Waals surface area contributed by atoms with Gasteiger partial charge in [-0.25, -0.2) is 4.79 Å². The van der Waals surface area contributed by atoms with Crippen LogP contribution >= 0.6 is 0 Å². The number of amides is 2. The molecule has 1 saturated heterocycles. The van der Waals surface area contributed by atoms with E-state index >= 15 is 0 Å². The summed E-state index contributed by atoms with van der Waals surface area (Å²) in [5.74, 6) is -2.31. The lowest BCUT2D eigenvalue weighted by Gasteiger charge is -2.36. The molecule has 1 N–H and O–H groups in total. The summed E-state index contributed by atoms with van der Waals surface area (Å²) in [6, 6.07) is 16.2. The Hall–Kier alpha value is -3.95. The second-order valence-corrected chi connectivity index (χ2v) is 9.67. The molecule has 4 rings (SSSR count). The number of furan rings is 1. The van der Waals surface area contributed by atoms with E-state index in [1.165, 1.54) is 0 Å². The zero-order valence-corrected chi connectivity index (χ0v) is 20.8. The number of hydrogen-bond donors (Lipinski definition) is 1. The first-order valence-electron chi connectivity index (χ1n) is 11.8. The van der Waals surface area contributed by atoms with Crippen LogP contribution in [0, 0.1) is 0 Å². The van der Waals surface area contributed by atoms with Gasteiger partial charge in [-0.05, 0) is 51.1 Å². The van der Waals surface area contributed by atoms with Crippen LogP contribution in [0.15, 0.2) is 65.1 Å². The molecule has 37 heavy (non-hydrogen) atoms. The van der Waals surface area contributed by atoms with Gasteiger partial charge < -0.3 is 24.3 Å². The maximum Gasteiger partial charge on any atom is 0.450 e. The lowest BCUT2D eigenvalue weighted by atomic mass is 10.1. The largest absolute Gasteiger partial charge is 0.451 e. The Morgan fingerprint density at radius 2 is 1.54 bits per heavy atom. The second-order valence-electron chi connectivity index (χ2n) is 9.67. The fourth-order valence-corrected chi connectivity index (χ4v) is 3.94. The first kappa shape index (κ1) is 26.1. The molecule has 1 aromatic heterocycles. The van der Waals surface area contributed by atoms with Crippen LogP contribution in [0.4, 0.5) is 29.3 Å². The Labute approximate surface area is 212 Å². The molecule has 2 heterocycles. The Balaban J connectivity index is 1.42. The number of carbonyl (C=O) groups excluding carboxylic acids is 2.